The Labute approximate surface area is 150 Å². The van der Waals surface area contributed by atoms with Crippen LogP contribution in [0.3, 0.4) is 0 Å². The van der Waals surface area contributed by atoms with Crippen molar-refractivity contribution in [2.24, 2.45) is 0 Å². The Kier molecular flexibility index (Phi) is 5.01. The standard InChI is InChI=1S/C18H22N6O2/c1-10(2)17-22-13-5-4-12(9-14(13)23-17)21-18(26)19-7-6-15-20-11(3)8-16(25)24-15/h4-5,8-10H,6-7H2,1-3H3,(H,22,23)(H2,19,21,26)(H,20,24,25). The number of aromatic nitrogens is 4. The van der Waals surface area contributed by atoms with Crippen LogP contribution in [0.25, 0.3) is 11.0 Å². The first-order valence-electron chi connectivity index (χ1n) is 8.52. The van der Waals surface area contributed by atoms with Crippen LogP contribution in [0.15, 0.2) is 29.1 Å². The highest BCUT2D eigenvalue weighted by atomic mass is 16.2. The molecule has 0 saturated heterocycles. The lowest BCUT2D eigenvalue weighted by atomic mass is 10.2. The molecule has 0 radical (unpaired) electrons. The number of nitrogens with one attached hydrogen (secondary N) is 4. The Morgan fingerprint density at radius 3 is 2.73 bits per heavy atom. The normalized spacial score (nSPS) is 11.1. The van der Waals surface area contributed by atoms with Gasteiger partial charge in [-0.1, -0.05) is 13.8 Å². The van der Waals surface area contributed by atoms with Crippen LogP contribution in [0.1, 0.15) is 37.1 Å². The number of anilines is 1. The number of urea groups is 1. The van der Waals surface area contributed by atoms with Crippen LogP contribution in [-0.4, -0.2) is 32.5 Å². The Morgan fingerprint density at radius 2 is 2.00 bits per heavy atom. The molecule has 2 heterocycles. The Morgan fingerprint density at radius 1 is 1.19 bits per heavy atom. The molecule has 26 heavy (non-hydrogen) atoms. The molecule has 0 aliphatic carbocycles. The van der Waals surface area contributed by atoms with Gasteiger partial charge in [-0.3, -0.25) is 4.79 Å². The largest absolute Gasteiger partial charge is 0.342 e. The van der Waals surface area contributed by atoms with E-state index >= 15 is 0 Å². The molecule has 136 valence electrons. The molecule has 2 amide bonds. The zero-order valence-corrected chi connectivity index (χ0v) is 15.0. The third-order valence-corrected chi connectivity index (χ3v) is 3.87. The maximum Gasteiger partial charge on any atom is 0.319 e. The van der Waals surface area contributed by atoms with E-state index in [1.165, 1.54) is 6.07 Å². The van der Waals surface area contributed by atoms with Crippen LogP contribution in [0.4, 0.5) is 10.5 Å². The lowest BCUT2D eigenvalue weighted by Crippen LogP contribution is -2.31. The molecular weight excluding hydrogens is 332 g/mol. The fourth-order valence-corrected chi connectivity index (χ4v) is 2.61. The monoisotopic (exact) mass is 354 g/mol. The highest BCUT2D eigenvalue weighted by Crippen LogP contribution is 2.20. The van der Waals surface area contributed by atoms with Crippen LogP contribution in [-0.2, 0) is 6.42 Å². The van der Waals surface area contributed by atoms with Gasteiger partial charge in [0.1, 0.15) is 11.6 Å². The number of carbonyl (C=O) groups is 1. The highest BCUT2D eigenvalue weighted by molar-refractivity contribution is 5.91. The number of hydrogen-bond acceptors (Lipinski definition) is 4. The summed E-state index contributed by atoms with van der Waals surface area (Å²) in [7, 11) is 0. The number of nitrogens with zero attached hydrogens (tertiary/aromatic N) is 2. The Hall–Kier alpha value is -3.16. The number of aromatic amines is 2. The van der Waals surface area contributed by atoms with Crippen molar-refractivity contribution >= 4 is 22.8 Å². The molecule has 0 spiro atoms. The quantitative estimate of drug-likeness (QED) is 0.563. The van der Waals surface area contributed by atoms with Crippen molar-refractivity contribution in [1.82, 2.24) is 25.3 Å². The van der Waals surface area contributed by atoms with E-state index in [0.717, 1.165) is 16.9 Å². The fourth-order valence-electron chi connectivity index (χ4n) is 2.61. The number of rotatable bonds is 5. The second-order valence-corrected chi connectivity index (χ2v) is 6.47. The van der Waals surface area contributed by atoms with Crippen molar-refractivity contribution in [1.29, 1.82) is 0 Å². The third kappa shape index (κ3) is 4.27. The average Bonchev–Trinajstić information content (AvgIpc) is 2.97. The summed E-state index contributed by atoms with van der Waals surface area (Å²) < 4.78 is 0. The molecule has 0 fully saturated rings. The summed E-state index contributed by atoms with van der Waals surface area (Å²) in [5, 5.41) is 5.54. The van der Waals surface area contributed by atoms with E-state index in [1.54, 1.807) is 6.92 Å². The molecule has 8 nitrogen and oxygen atoms in total. The minimum Gasteiger partial charge on any atom is -0.342 e. The molecule has 0 atom stereocenters. The lowest BCUT2D eigenvalue weighted by Gasteiger charge is -2.07. The van der Waals surface area contributed by atoms with Gasteiger partial charge in [-0.25, -0.2) is 14.8 Å². The maximum absolute atomic E-state index is 12.0. The predicted molar refractivity (Wildman–Crippen MR) is 101 cm³/mol. The van der Waals surface area contributed by atoms with Crippen molar-refractivity contribution in [3.63, 3.8) is 0 Å². The second kappa shape index (κ2) is 7.38. The minimum absolute atomic E-state index is 0.189. The lowest BCUT2D eigenvalue weighted by molar-refractivity contribution is 0.252. The second-order valence-electron chi connectivity index (χ2n) is 6.47. The minimum atomic E-state index is -0.317. The van der Waals surface area contributed by atoms with Crippen molar-refractivity contribution in [2.75, 3.05) is 11.9 Å². The number of amides is 2. The molecule has 8 heteroatoms. The molecule has 0 aliphatic rings. The summed E-state index contributed by atoms with van der Waals surface area (Å²) >= 11 is 0. The first-order chi connectivity index (χ1) is 12.4. The summed E-state index contributed by atoms with van der Waals surface area (Å²) in [6.45, 7) is 6.26. The van der Waals surface area contributed by atoms with Gasteiger partial charge in [0.15, 0.2) is 0 Å². The first kappa shape index (κ1) is 17.7. The molecule has 0 aliphatic heterocycles. The van der Waals surface area contributed by atoms with E-state index in [9.17, 15) is 9.59 Å². The van der Waals surface area contributed by atoms with Gasteiger partial charge >= 0.3 is 6.03 Å². The van der Waals surface area contributed by atoms with Gasteiger partial charge < -0.3 is 20.6 Å². The molecule has 3 aromatic rings. The number of aryl methyl sites for hydroxylation is 1. The van der Waals surface area contributed by atoms with E-state index in [4.69, 9.17) is 0 Å². The summed E-state index contributed by atoms with van der Waals surface area (Å²) in [6.07, 6.45) is 0.446. The summed E-state index contributed by atoms with van der Waals surface area (Å²) in [5.41, 5.74) is 2.89. The summed E-state index contributed by atoms with van der Waals surface area (Å²) in [5.74, 6) is 1.78. The molecule has 0 bridgehead atoms. The molecule has 0 unspecified atom stereocenters. The van der Waals surface area contributed by atoms with Gasteiger partial charge in [-0.15, -0.1) is 0 Å². The molecule has 2 aromatic heterocycles. The van der Waals surface area contributed by atoms with Crippen LogP contribution in [0.2, 0.25) is 0 Å². The van der Waals surface area contributed by atoms with Crippen molar-refractivity contribution in [3.8, 4) is 0 Å². The van der Waals surface area contributed by atoms with Crippen LogP contribution in [0, 0.1) is 6.92 Å². The number of imidazole rings is 1. The molecular formula is C18H22N6O2. The van der Waals surface area contributed by atoms with E-state index < -0.39 is 0 Å². The van der Waals surface area contributed by atoms with Crippen LogP contribution in [0.5, 0.6) is 0 Å². The van der Waals surface area contributed by atoms with Gasteiger partial charge in [0.05, 0.1) is 11.0 Å². The van der Waals surface area contributed by atoms with Crippen molar-refractivity contribution < 1.29 is 4.79 Å². The number of hydrogen-bond donors (Lipinski definition) is 4. The van der Waals surface area contributed by atoms with Gasteiger partial charge in [0.25, 0.3) is 5.56 Å². The molecule has 0 saturated carbocycles. The Bertz CT molecular complexity index is 989. The number of benzene rings is 1. The first-order valence-corrected chi connectivity index (χ1v) is 8.52. The highest BCUT2D eigenvalue weighted by Gasteiger charge is 2.08. The van der Waals surface area contributed by atoms with E-state index in [0.29, 0.717) is 36.1 Å². The number of H-pyrrole nitrogens is 2. The number of carbonyl (C=O) groups excluding carboxylic acids is 1. The summed E-state index contributed by atoms with van der Waals surface area (Å²) in [6, 6.07) is 6.65. The maximum atomic E-state index is 12.0. The van der Waals surface area contributed by atoms with Gasteiger partial charge in [0.2, 0.25) is 0 Å². The fraction of sp³-hybridized carbons (Fsp3) is 0.333. The number of fused-ring (bicyclic) bond motifs is 1. The van der Waals surface area contributed by atoms with E-state index in [2.05, 4.69) is 44.4 Å². The zero-order chi connectivity index (χ0) is 18.7. The third-order valence-electron chi connectivity index (χ3n) is 3.87. The predicted octanol–water partition coefficient (Wildman–Crippen LogP) is 2.44. The van der Waals surface area contributed by atoms with Crippen molar-refractivity contribution in [2.45, 2.75) is 33.1 Å². The average molecular weight is 354 g/mol. The topological polar surface area (TPSA) is 116 Å². The van der Waals surface area contributed by atoms with E-state index in [-0.39, 0.29) is 11.6 Å². The molecule has 3 rings (SSSR count). The van der Waals surface area contributed by atoms with Gasteiger partial charge in [-0.05, 0) is 25.1 Å². The van der Waals surface area contributed by atoms with Crippen LogP contribution < -0.4 is 16.2 Å². The van der Waals surface area contributed by atoms with Gasteiger partial charge in [0, 0.05) is 36.3 Å². The Balaban J connectivity index is 1.57. The van der Waals surface area contributed by atoms with E-state index in [1.807, 2.05) is 18.2 Å². The molecule has 1 aromatic carbocycles. The smallest absolute Gasteiger partial charge is 0.319 e. The van der Waals surface area contributed by atoms with Gasteiger partial charge in [-0.2, -0.15) is 0 Å². The SMILES string of the molecule is Cc1cc(=O)[nH]c(CCNC(=O)Nc2ccc3nc(C(C)C)[nH]c3c2)n1. The zero-order valence-electron chi connectivity index (χ0n) is 15.0. The summed E-state index contributed by atoms with van der Waals surface area (Å²) in [4.78, 5) is 38.1. The van der Waals surface area contributed by atoms with Crippen molar-refractivity contribution in [3.05, 3.63) is 52.0 Å². The molecule has 4 N–H and O–H groups in total. The van der Waals surface area contributed by atoms with Crippen LogP contribution >= 0.6 is 0 Å².